The van der Waals surface area contributed by atoms with Crippen molar-refractivity contribution in [3.05, 3.63) is 0 Å². The van der Waals surface area contributed by atoms with Crippen molar-refractivity contribution in [2.45, 2.75) is 85.5 Å². The van der Waals surface area contributed by atoms with Crippen LogP contribution in [0.3, 0.4) is 0 Å². The largest absolute Gasteiger partial charge is 0.306 e. The summed E-state index contributed by atoms with van der Waals surface area (Å²) in [5.74, 6) is 0. The summed E-state index contributed by atoms with van der Waals surface area (Å²) in [6.45, 7) is 14.4. The summed E-state index contributed by atoms with van der Waals surface area (Å²) in [5, 5.41) is 0. The van der Waals surface area contributed by atoms with Crippen LogP contribution in [0.2, 0.25) is 0 Å². The van der Waals surface area contributed by atoms with Crippen molar-refractivity contribution in [1.82, 2.24) is 9.80 Å². The van der Waals surface area contributed by atoms with Gasteiger partial charge in [-0.3, -0.25) is 0 Å². The van der Waals surface area contributed by atoms with Gasteiger partial charge in [-0.1, -0.05) is 53.4 Å². The quantitative estimate of drug-likeness (QED) is 0.395. The molecule has 0 unspecified atom stereocenters. The lowest BCUT2D eigenvalue weighted by atomic mass is 9.90. The molecule has 0 amide bonds. The van der Waals surface area contributed by atoms with Gasteiger partial charge in [0.2, 0.25) is 0 Å². The van der Waals surface area contributed by atoms with Gasteiger partial charge >= 0.3 is 0 Å². The van der Waals surface area contributed by atoms with Gasteiger partial charge in [0.15, 0.2) is 0 Å². The minimum absolute atomic E-state index is 0.500. The number of rotatable bonds is 14. The van der Waals surface area contributed by atoms with Gasteiger partial charge < -0.3 is 9.80 Å². The second kappa shape index (κ2) is 13.4. The van der Waals surface area contributed by atoms with Gasteiger partial charge in [0.05, 0.1) is 0 Å². The molecule has 0 bridgehead atoms. The lowest BCUT2D eigenvalue weighted by Gasteiger charge is -2.21. The fourth-order valence-corrected chi connectivity index (χ4v) is 2.83. The Morgan fingerprint density at radius 3 is 1.41 bits per heavy atom. The predicted octanol–water partition coefficient (Wildman–Crippen LogP) is 5.43. The molecule has 2 heteroatoms. The third-order valence-electron chi connectivity index (χ3n) is 4.44. The lowest BCUT2D eigenvalue weighted by Crippen LogP contribution is -2.24. The molecule has 0 radical (unpaired) electrons. The van der Waals surface area contributed by atoms with E-state index in [0.29, 0.717) is 5.41 Å². The monoisotopic (exact) mass is 312 g/mol. The van der Waals surface area contributed by atoms with Crippen LogP contribution < -0.4 is 0 Å². The van der Waals surface area contributed by atoms with E-state index in [9.17, 15) is 0 Å². The number of unbranched alkanes of at least 4 members (excludes halogenated alkanes) is 5. The van der Waals surface area contributed by atoms with Crippen LogP contribution in [0.4, 0.5) is 0 Å². The first-order chi connectivity index (χ1) is 10.3. The maximum absolute atomic E-state index is 2.52. The minimum Gasteiger partial charge on any atom is -0.306 e. The molecule has 0 aliphatic carbocycles. The molecule has 0 saturated heterocycles. The van der Waals surface area contributed by atoms with E-state index in [2.05, 4.69) is 51.6 Å². The molecular weight excluding hydrogens is 268 g/mol. The van der Waals surface area contributed by atoms with Crippen LogP contribution in [-0.4, -0.2) is 50.1 Å². The van der Waals surface area contributed by atoms with Gasteiger partial charge in [0.25, 0.3) is 0 Å². The molecule has 2 nitrogen and oxygen atoms in total. The first kappa shape index (κ1) is 21.9. The van der Waals surface area contributed by atoms with Crippen LogP contribution in [0.15, 0.2) is 0 Å². The van der Waals surface area contributed by atoms with E-state index in [1.807, 2.05) is 0 Å². The highest BCUT2D eigenvalue weighted by molar-refractivity contribution is 4.62. The minimum atomic E-state index is 0.500. The number of nitrogens with zero attached hydrogens (tertiary/aromatic N) is 2. The normalized spacial score (nSPS) is 12.5. The van der Waals surface area contributed by atoms with Crippen molar-refractivity contribution >= 4 is 0 Å². The Morgan fingerprint density at radius 2 is 1.00 bits per heavy atom. The molecule has 0 fully saturated rings. The molecular formula is C20H44N2. The Morgan fingerprint density at radius 1 is 0.591 bits per heavy atom. The van der Waals surface area contributed by atoms with Crippen LogP contribution in [0.5, 0.6) is 0 Å². The Kier molecular flexibility index (Phi) is 13.3. The highest BCUT2D eigenvalue weighted by Gasteiger charge is 2.09. The zero-order valence-electron chi connectivity index (χ0n) is 16.6. The van der Waals surface area contributed by atoms with Gasteiger partial charge in [0.1, 0.15) is 0 Å². The van der Waals surface area contributed by atoms with E-state index in [1.165, 1.54) is 84.0 Å². The Hall–Kier alpha value is -0.0800. The summed E-state index contributed by atoms with van der Waals surface area (Å²) in [6.07, 6.45) is 12.3. The van der Waals surface area contributed by atoms with Crippen LogP contribution in [0, 0.1) is 5.41 Å². The number of hydrogen-bond acceptors (Lipinski definition) is 2. The van der Waals surface area contributed by atoms with Crippen molar-refractivity contribution in [1.29, 1.82) is 0 Å². The molecule has 0 aromatic rings. The average molecular weight is 313 g/mol. The summed E-state index contributed by atoms with van der Waals surface area (Å²) in [7, 11) is 4.56. The predicted molar refractivity (Wildman–Crippen MR) is 102 cm³/mol. The van der Waals surface area contributed by atoms with Crippen LogP contribution in [-0.2, 0) is 0 Å². The average Bonchev–Trinajstić information content (AvgIpc) is 2.43. The van der Waals surface area contributed by atoms with E-state index in [-0.39, 0.29) is 0 Å². The standard InChI is InChI=1S/C20H44N2/c1-7-8-9-11-16-21(5)18-13-14-19-22(6)17-12-10-15-20(2,3)4/h7-19H2,1-6H3. The summed E-state index contributed by atoms with van der Waals surface area (Å²) >= 11 is 0. The van der Waals surface area contributed by atoms with Crippen molar-refractivity contribution < 1.29 is 0 Å². The Labute approximate surface area is 141 Å². The summed E-state index contributed by atoms with van der Waals surface area (Å²) in [6, 6.07) is 0. The molecule has 22 heavy (non-hydrogen) atoms. The molecule has 0 aliphatic rings. The first-order valence-electron chi connectivity index (χ1n) is 9.72. The molecule has 0 rings (SSSR count). The highest BCUT2D eigenvalue weighted by atomic mass is 15.1. The third-order valence-corrected chi connectivity index (χ3v) is 4.44. The fraction of sp³-hybridized carbons (Fsp3) is 1.00. The van der Waals surface area contributed by atoms with Gasteiger partial charge in [0, 0.05) is 0 Å². The van der Waals surface area contributed by atoms with Crippen LogP contribution in [0.1, 0.15) is 85.5 Å². The molecule has 0 spiro atoms. The lowest BCUT2D eigenvalue weighted by molar-refractivity contribution is 0.279. The Balaban J connectivity index is 3.38. The second-order valence-corrected chi connectivity index (χ2v) is 8.39. The zero-order chi connectivity index (χ0) is 16.8. The van der Waals surface area contributed by atoms with Gasteiger partial charge in [-0.2, -0.15) is 0 Å². The topological polar surface area (TPSA) is 6.48 Å². The molecule has 134 valence electrons. The highest BCUT2D eigenvalue weighted by Crippen LogP contribution is 2.21. The molecule has 0 aliphatic heterocycles. The molecule has 0 aromatic carbocycles. The zero-order valence-corrected chi connectivity index (χ0v) is 16.6. The van der Waals surface area contributed by atoms with E-state index in [1.54, 1.807) is 0 Å². The van der Waals surface area contributed by atoms with Crippen molar-refractivity contribution in [2.75, 3.05) is 40.3 Å². The molecule has 0 atom stereocenters. The fourth-order valence-electron chi connectivity index (χ4n) is 2.83. The van der Waals surface area contributed by atoms with E-state index in [0.717, 1.165) is 0 Å². The maximum Gasteiger partial charge on any atom is -0.00213 e. The second-order valence-electron chi connectivity index (χ2n) is 8.39. The van der Waals surface area contributed by atoms with Gasteiger partial charge in [-0.05, 0) is 77.8 Å². The SMILES string of the molecule is CCCCCCN(C)CCCCN(C)CCCCC(C)(C)C. The third kappa shape index (κ3) is 16.3. The van der Waals surface area contributed by atoms with Crippen molar-refractivity contribution in [2.24, 2.45) is 5.41 Å². The maximum atomic E-state index is 2.52. The van der Waals surface area contributed by atoms with E-state index in [4.69, 9.17) is 0 Å². The smallest absolute Gasteiger partial charge is 0.00213 e. The summed E-state index contributed by atoms with van der Waals surface area (Å²) in [4.78, 5) is 5.03. The summed E-state index contributed by atoms with van der Waals surface area (Å²) in [5.41, 5.74) is 0.500. The van der Waals surface area contributed by atoms with Crippen LogP contribution in [0.25, 0.3) is 0 Å². The molecule has 0 heterocycles. The van der Waals surface area contributed by atoms with E-state index >= 15 is 0 Å². The Bertz CT molecular complexity index is 232. The summed E-state index contributed by atoms with van der Waals surface area (Å²) < 4.78 is 0. The van der Waals surface area contributed by atoms with E-state index < -0.39 is 0 Å². The van der Waals surface area contributed by atoms with Gasteiger partial charge in [-0.25, -0.2) is 0 Å². The molecule has 0 aromatic heterocycles. The molecule has 0 N–H and O–H groups in total. The van der Waals surface area contributed by atoms with Gasteiger partial charge in [-0.15, -0.1) is 0 Å². The van der Waals surface area contributed by atoms with Crippen molar-refractivity contribution in [3.8, 4) is 0 Å². The number of hydrogen-bond donors (Lipinski definition) is 0. The molecule has 0 saturated carbocycles. The van der Waals surface area contributed by atoms with Crippen LogP contribution >= 0.6 is 0 Å². The van der Waals surface area contributed by atoms with Crippen molar-refractivity contribution in [3.63, 3.8) is 0 Å². The first-order valence-corrected chi connectivity index (χ1v) is 9.72.